The first-order valence-corrected chi connectivity index (χ1v) is 7.42. The lowest BCUT2D eigenvalue weighted by Crippen LogP contribution is -2.35. The van der Waals surface area contributed by atoms with Crippen LogP contribution >= 0.6 is 23.2 Å². The van der Waals surface area contributed by atoms with Crippen LogP contribution in [0.4, 0.5) is 5.82 Å². The van der Waals surface area contributed by atoms with Gasteiger partial charge in [0.25, 0.3) is 0 Å². The second-order valence-corrected chi connectivity index (χ2v) is 5.76. The molecule has 5 nitrogen and oxygen atoms in total. The maximum atomic E-state index is 5.90. The van der Waals surface area contributed by atoms with Crippen molar-refractivity contribution in [2.45, 2.75) is 26.2 Å². The highest BCUT2D eigenvalue weighted by atomic mass is 35.5. The average molecular weight is 304 g/mol. The smallest absolute Gasteiger partial charge is 0.245 e. The third-order valence-corrected chi connectivity index (χ3v) is 3.67. The number of halogens is 2. The molecule has 1 unspecified atom stereocenters. The summed E-state index contributed by atoms with van der Waals surface area (Å²) in [5.41, 5.74) is 0. The Hall–Kier alpha value is -0.650. The molecular formula is C12H19Cl2N5. The van der Waals surface area contributed by atoms with Crippen molar-refractivity contribution in [3.05, 3.63) is 10.4 Å². The van der Waals surface area contributed by atoms with Gasteiger partial charge in [0.05, 0.1) is 0 Å². The van der Waals surface area contributed by atoms with Crippen molar-refractivity contribution in [1.82, 2.24) is 20.1 Å². The van der Waals surface area contributed by atoms with Crippen LogP contribution in [0.15, 0.2) is 0 Å². The number of hydrogen-bond acceptors (Lipinski definition) is 5. The molecule has 1 aromatic rings. The third kappa shape index (κ3) is 4.75. The largest absolute Gasteiger partial charge is 0.367 e. The Morgan fingerprint density at radius 1 is 1.21 bits per heavy atom. The van der Waals surface area contributed by atoms with Crippen LogP contribution in [0.1, 0.15) is 26.2 Å². The van der Waals surface area contributed by atoms with Crippen molar-refractivity contribution >= 4 is 29.0 Å². The Balaban J connectivity index is 1.79. The van der Waals surface area contributed by atoms with Gasteiger partial charge in [0.1, 0.15) is 0 Å². The SMILES string of the molecule is CC(CNc1nc(Cl)nnc1Cl)CN1CCCCC1. The lowest BCUT2D eigenvalue weighted by molar-refractivity contribution is 0.204. The zero-order valence-electron chi connectivity index (χ0n) is 11.1. The Bertz CT molecular complexity index is 409. The van der Waals surface area contributed by atoms with Crippen LogP contribution in [0.5, 0.6) is 0 Å². The van der Waals surface area contributed by atoms with Gasteiger partial charge in [0.15, 0.2) is 11.0 Å². The first kappa shape index (κ1) is 14.8. The highest BCUT2D eigenvalue weighted by molar-refractivity contribution is 6.32. The van der Waals surface area contributed by atoms with E-state index < -0.39 is 0 Å². The van der Waals surface area contributed by atoms with E-state index in [2.05, 4.69) is 32.3 Å². The molecule has 7 heteroatoms. The third-order valence-electron chi connectivity index (χ3n) is 3.26. The molecule has 0 saturated carbocycles. The van der Waals surface area contributed by atoms with E-state index in [0.717, 1.165) is 13.1 Å². The van der Waals surface area contributed by atoms with Crippen LogP contribution in [0.2, 0.25) is 10.4 Å². The van der Waals surface area contributed by atoms with Gasteiger partial charge < -0.3 is 10.2 Å². The standard InChI is InChI=1S/C12H19Cl2N5/c1-9(8-19-5-3-2-4-6-19)7-15-11-10(13)17-18-12(14)16-11/h9H,2-8H2,1H3,(H,15,16,18). The molecular weight excluding hydrogens is 285 g/mol. The summed E-state index contributed by atoms with van der Waals surface area (Å²) in [6, 6.07) is 0. The van der Waals surface area contributed by atoms with Gasteiger partial charge in [-0.25, -0.2) is 0 Å². The fraction of sp³-hybridized carbons (Fsp3) is 0.750. The second kappa shape index (κ2) is 7.22. The molecule has 19 heavy (non-hydrogen) atoms. The van der Waals surface area contributed by atoms with Gasteiger partial charge in [0, 0.05) is 13.1 Å². The highest BCUT2D eigenvalue weighted by Gasteiger charge is 2.14. The summed E-state index contributed by atoms with van der Waals surface area (Å²) >= 11 is 11.6. The van der Waals surface area contributed by atoms with Gasteiger partial charge in [0.2, 0.25) is 5.28 Å². The topological polar surface area (TPSA) is 53.9 Å². The van der Waals surface area contributed by atoms with Crippen LogP contribution in [0, 0.1) is 5.92 Å². The van der Waals surface area contributed by atoms with Gasteiger partial charge in [-0.2, -0.15) is 4.98 Å². The maximum Gasteiger partial charge on any atom is 0.245 e. The fourth-order valence-electron chi connectivity index (χ4n) is 2.32. The van der Waals surface area contributed by atoms with Gasteiger partial charge in [-0.15, -0.1) is 10.2 Å². The molecule has 0 spiro atoms. The van der Waals surface area contributed by atoms with Crippen LogP contribution in [0.3, 0.4) is 0 Å². The number of likely N-dealkylation sites (tertiary alicyclic amines) is 1. The normalized spacial score (nSPS) is 18.3. The minimum atomic E-state index is 0.107. The lowest BCUT2D eigenvalue weighted by Gasteiger charge is -2.29. The van der Waals surface area contributed by atoms with Crippen LogP contribution < -0.4 is 5.32 Å². The van der Waals surface area contributed by atoms with E-state index in [9.17, 15) is 0 Å². The summed E-state index contributed by atoms with van der Waals surface area (Å²) in [6.07, 6.45) is 4.00. The Morgan fingerprint density at radius 3 is 2.68 bits per heavy atom. The molecule has 1 atom stereocenters. The predicted molar refractivity (Wildman–Crippen MR) is 77.8 cm³/mol. The zero-order chi connectivity index (χ0) is 13.7. The molecule has 1 aromatic heterocycles. The molecule has 0 aromatic carbocycles. The molecule has 0 aliphatic carbocycles. The van der Waals surface area contributed by atoms with Crippen molar-refractivity contribution in [1.29, 1.82) is 0 Å². The van der Waals surface area contributed by atoms with Gasteiger partial charge in [-0.05, 0) is 43.5 Å². The molecule has 1 aliphatic heterocycles. The van der Waals surface area contributed by atoms with Gasteiger partial charge in [-0.3, -0.25) is 0 Å². The lowest BCUT2D eigenvalue weighted by atomic mass is 10.1. The number of nitrogens with one attached hydrogen (secondary N) is 1. The van der Waals surface area contributed by atoms with E-state index in [4.69, 9.17) is 23.2 Å². The van der Waals surface area contributed by atoms with E-state index in [1.807, 2.05) is 0 Å². The minimum Gasteiger partial charge on any atom is -0.367 e. The first-order valence-electron chi connectivity index (χ1n) is 6.67. The molecule has 0 radical (unpaired) electrons. The van der Waals surface area contributed by atoms with Crippen molar-refractivity contribution in [3.8, 4) is 0 Å². The number of anilines is 1. The summed E-state index contributed by atoms with van der Waals surface area (Å²) in [4.78, 5) is 6.54. The summed E-state index contributed by atoms with van der Waals surface area (Å²) in [5, 5.41) is 10.9. The van der Waals surface area contributed by atoms with Crippen LogP contribution in [0.25, 0.3) is 0 Å². The molecule has 1 N–H and O–H groups in total. The molecule has 0 bridgehead atoms. The summed E-state index contributed by atoms with van der Waals surface area (Å²) in [7, 11) is 0. The van der Waals surface area contributed by atoms with E-state index in [0.29, 0.717) is 11.7 Å². The van der Waals surface area contributed by atoms with Gasteiger partial charge in [-0.1, -0.05) is 24.9 Å². The molecule has 1 fully saturated rings. The Morgan fingerprint density at radius 2 is 1.95 bits per heavy atom. The van der Waals surface area contributed by atoms with E-state index in [1.165, 1.54) is 32.4 Å². The number of hydrogen-bond donors (Lipinski definition) is 1. The number of aromatic nitrogens is 3. The molecule has 0 amide bonds. The van der Waals surface area contributed by atoms with Gasteiger partial charge >= 0.3 is 0 Å². The van der Waals surface area contributed by atoms with Crippen molar-refractivity contribution in [3.63, 3.8) is 0 Å². The monoisotopic (exact) mass is 303 g/mol. The number of nitrogens with zero attached hydrogens (tertiary/aromatic N) is 4. The van der Waals surface area contributed by atoms with Crippen LogP contribution in [-0.2, 0) is 0 Å². The summed E-state index contributed by atoms with van der Waals surface area (Å²) in [6.45, 7) is 6.53. The van der Waals surface area contributed by atoms with Crippen molar-refractivity contribution in [2.24, 2.45) is 5.92 Å². The summed E-state index contributed by atoms with van der Waals surface area (Å²) < 4.78 is 0. The quantitative estimate of drug-likeness (QED) is 0.906. The predicted octanol–water partition coefficient (Wildman–Crippen LogP) is 2.71. The average Bonchev–Trinajstić information content (AvgIpc) is 2.41. The zero-order valence-corrected chi connectivity index (χ0v) is 12.6. The Kier molecular flexibility index (Phi) is 5.60. The summed E-state index contributed by atoms with van der Waals surface area (Å²) in [5.74, 6) is 1.02. The highest BCUT2D eigenvalue weighted by Crippen LogP contribution is 2.17. The van der Waals surface area contributed by atoms with Crippen molar-refractivity contribution < 1.29 is 0 Å². The first-order chi connectivity index (χ1) is 9.15. The van der Waals surface area contributed by atoms with E-state index in [1.54, 1.807) is 0 Å². The second-order valence-electron chi connectivity index (χ2n) is 5.07. The maximum absolute atomic E-state index is 5.90. The fourth-order valence-corrected chi connectivity index (χ4v) is 2.59. The molecule has 1 saturated heterocycles. The Labute approximate surface area is 123 Å². The number of rotatable bonds is 5. The van der Waals surface area contributed by atoms with E-state index in [-0.39, 0.29) is 10.4 Å². The molecule has 106 valence electrons. The molecule has 1 aliphatic rings. The minimum absolute atomic E-state index is 0.107. The van der Waals surface area contributed by atoms with Crippen molar-refractivity contribution in [2.75, 3.05) is 31.5 Å². The molecule has 2 rings (SSSR count). The molecule has 2 heterocycles. The van der Waals surface area contributed by atoms with E-state index >= 15 is 0 Å². The van der Waals surface area contributed by atoms with Crippen LogP contribution in [-0.4, -0.2) is 46.3 Å². The number of piperidine rings is 1.